The Morgan fingerprint density at radius 2 is 2.10 bits per heavy atom. The van der Waals surface area contributed by atoms with E-state index in [4.69, 9.17) is 14.2 Å². The van der Waals surface area contributed by atoms with Gasteiger partial charge in [-0.3, -0.25) is 0 Å². The lowest BCUT2D eigenvalue weighted by molar-refractivity contribution is 0.171. The normalized spacial score (nSPS) is 14.5. The summed E-state index contributed by atoms with van der Waals surface area (Å²) in [6.45, 7) is 4.02. The summed E-state index contributed by atoms with van der Waals surface area (Å²) in [4.78, 5) is 11.7. The second-order valence-electron chi connectivity index (χ2n) is 4.52. The van der Waals surface area contributed by atoms with E-state index in [0.29, 0.717) is 26.4 Å². The van der Waals surface area contributed by atoms with Crippen LogP contribution in [-0.2, 0) is 4.74 Å². The number of rotatable bonds is 5. The lowest BCUT2D eigenvalue weighted by Crippen LogP contribution is -2.38. The SMILES string of the molecule is COCCNC(=O)NC(C)c1ccc2c(c1)OCCO2. The molecule has 1 atom stereocenters. The van der Waals surface area contributed by atoms with Gasteiger partial charge in [-0.25, -0.2) is 4.79 Å². The van der Waals surface area contributed by atoms with Gasteiger partial charge in [-0.1, -0.05) is 6.07 Å². The van der Waals surface area contributed by atoms with Gasteiger partial charge < -0.3 is 24.8 Å². The Morgan fingerprint density at radius 1 is 1.35 bits per heavy atom. The highest BCUT2D eigenvalue weighted by atomic mass is 16.6. The summed E-state index contributed by atoms with van der Waals surface area (Å²) in [5.41, 5.74) is 0.969. The summed E-state index contributed by atoms with van der Waals surface area (Å²) >= 11 is 0. The molecule has 1 aromatic rings. The third-order valence-electron chi connectivity index (χ3n) is 3.01. The van der Waals surface area contributed by atoms with E-state index in [1.165, 1.54) is 0 Å². The van der Waals surface area contributed by atoms with Gasteiger partial charge in [0.2, 0.25) is 0 Å². The number of hydrogen-bond donors (Lipinski definition) is 2. The average Bonchev–Trinajstić information content (AvgIpc) is 2.47. The van der Waals surface area contributed by atoms with Gasteiger partial charge in [-0.15, -0.1) is 0 Å². The van der Waals surface area contributed by atoms with Crippen LogP contribution in [0, 0.1) is 0 Å². The molecule has 0 bridgehead atoms. The smallest absolute Gasteiger partial charge is 0.315 e. The average molecular weight is 280 g/mol. The molecule has 2 N–H and O–H groups in total. The minimum absolute atomic E-state index is 0.117. The molecule has 1 aliphatic heterocycles. The van der Waals surface area contributed by atoms with E-state index in [-0.39, 0.29) is 12.1 Å². The quantitative estimate of drug-likeness (QED) is 0.801. The fourth-order valence-electron chi connectivity index (χ4n) is 1.93. The largest absolute Gasteiger partial charge is 0.486 e. The minimum Gasteiger partial charge on any atom is -0.486 e. The third-order valence-corrected chi connectivity index (χ3v) is 3.01. The first-order valence-corrected chi connectivity index (χ1v) is 6.63. The summed E-state index contributed by atoms with van der Waals surface area (Å²) in [5.74, 6) is 1.47. The summed E-state index contributed by atoms with van der Waals surface area (Å²) < 4.78 is 15.9. The van der Waals surface area contributed by atoms with Crippen LogP contribution in [0.15, 0.2) is 18.2 Å². The van der Waals surface area contributed by atoms with Crippen LogP contribution < -0.4 is 20.1 Å². The number of carbonyl (C=O) groups is 1. The topological polar surface area (TPSA) is 68.8 Å². The highest BCUT2D eigenvalue weighted by Gasteiger charge is 2.15. The molecule has 0 spiro atoms. The molecule has 1 heterocycles. The lowest BCUT2D eigenvalue weighted by atomic mass is 10.1. The molecule has 2 rings (SSSR count). The first-order chi connectivity index (χ1) is 9.70. The predicted molar refractivity (Wildman–Crippen MR) is 74.3 cm³/mol. The van der Waals surface area contributed by atoms with Crippen molar-refractivity contribution in [1.29, 1.82) is 0 Å². The molecule has 0 aromatic heterocycles. The van der Waals surface area contributed by atoms with Crippen LogP contribution in [0.3, 0.4) is 0 Å². The minimum atomic E-state index is -0.218. The number of hydrogen-bond acceptors (Lipinski definition) is 4. The number of urea groups is 1. The maximum absolute atomic E-state index is 11.7. The zero-order valence-corrected chi connectivity index (χ0v) is 11.8. The molecule has 110 valence electrons. The van der Waals surface area contributed by atoms with Crippen LogP contribution in [0.4, 0.5) is 4.79 Å². The highest BCUT2D eigenvalue weighted by Crippen LogP contribution is 2.32. The Bertz CT molecular complexity index is 464. The molecule has 6 nitrogen and oxygen atoms in total. The van der Waals surface area contributed by atoms with Crippen molar-refractivity contribution in [3.05, 3.63) is 23.8 Å². The summed E-state index contributed by atoms with van der Waals surface area (Å²) in [6, 6.07) is 5.35. The Kier molecular flexibility index (Phi) is 5.06. The van der Waals surface area contributed by atoms with Gasteiger partial charge in [0.1, 0.15) is 13.2 Å². The van der Waals surface area contributed by atoms with E-state index < -0.39 is 0 Å². The lowest BCUT2D eigenvalue weighted by Gasteiger charge is -2.21. The number of ether oxygens (including phenoxy) is 3. The second-order valence-corrected chi connectivity index (χ2v) is 4.52. The van der Waals surface area contributed by atoms with Crippen molar-refractivity contribution in [2.24, 2.45) is 0 Å². The first kappa shape index (κ1) is 14.5. The Morgan fingerprint density at radius 3 is 2.85 bits per heavy atom. The van der Waals surface area contributed by atoms with Gasteiger partial charge >= 0.3 is 6.03 Å². The molecular formula is C14H20N2O4. The Hall–Kier alpha value is -1.95. The van der Waals surface area contributed by atoms with Gasteiger partial charge in [0, 0.05) is 13.7 Å². The number of fused-ring (bicyclic) bond motifs is 1. The van der Waals surface area contributed by atoms with Crippen molar-refractivity contribution < 1.29 is 19.0 Å². The molecular weight excluding hydrogens is 260 g/mol. The fraction of sp³-hybridized carbons (Fsp3) is 0.500. The third kappa shape index (κ3) is 3.77. The molecule has 2 amide bonds. The van der Waals surface area contributed by atoms with Crippen molar-refractivity contribution in [2.75, 3.05) is 33.5 Å². The second kappa shape index (κ2) is 7.00. The van der Waals surface area contributed by atoms with E-state index in [1.54, 1.807) is 7.11 Å². The fourth-order valence-corrected chi connectivity index (χ4v) is 1.93. The standard InChI is InChI=1S/C14H20N2O4/c1-10(16-14(17)15-5-6-18-2)11-3-4-12-13(9-11)20-8-7-19-12/h3-4,9-10H,5-8H2,1-2H3,(H2,15,16,17). The van der Waals surface area contributed by atoms with Crippen molar-refractivity contribution in [1.82, 2.24) is 10.6 Å². The number of nitrogens with one attached hydrogen (secondary N) is 2. The van der Waals surface area contributed by atoms with Crippen LogP contribution in [-0.4, -0.2) is 39.5 Å². The number of carbonyl (C=O) groups excluding carboxylic acids is 1. The maximum atomic E-state index is 11.7. The molecule has 0 saturated heterocycles. The van der Waals surface area contributed by atoms with Crippen LogP contribution in [0.2, 0.25) is 0 Å². The predicted octanol–water partition coefficient (Wildman–Crippen LogP) is 1.46. The molecule has 0 aliphatic carbocycles. The molecule has 0 fully saturated rings. The van der Waals surface area contributed by atoms with Crippen LogP contribution >= 0.6 is 0 Å². The van der Waals surface area contributed by atoms with Gasteiger partial charge in [-0.2, -0.15) is 0 Å². The van der Waals surface area contributed by atoms with Gasteiger partial charge in [0.15, 0.2) is 11.5 Å². The van der Waals surface area contributed by atoms with Crippen molar-refractivity contribution >= 4 is 6.03 Å². The van der Waals surface area contributed by atoms with Crippen molar-refractivity contribution in [3.63, 3.8) is 0 Å². The van der Waals surface area contributed by atoms with Crippen LogP contribution in [0.25, 0.3) is 0 Å². The van der Waals surface area contributed by atoms with Crippen LogP contribution in [0.5, 0.6) is 11.5 Å². The molecule has 6 heteroatoms. The Labute approximate surface area is 118 Å². The zero-order chi connectivity index (χ0) is 14.4. The summed E-state index contributed by atoms with van der Waals surface area (Å²) in [5, 5.41) is 5.58. The molecule has 20 heavy (non-hydrogen) atoms. The van der Waals surface area contributed by atoms with E-state index in [0.717, 1.165) is 17.1 Å². The first-order valence-electron chi connectivity index (χ1n) is 6.63. The van der Waals surface area contributed by atoms with Crippen LogP contribution in [0.1, 0.15) is 18.5 Å². The monoisotopic (exact) mass is 280 g/mol. The molecule has 1 unspecified atom stereocenters. The Balaban J connectivity index is 1.91. The summed E-state index contributed by atoms with van der Waals surface area (Å²) in [7, 11) is 1.59. The number of methoxy groups -OCH3 is 1. The molecule has 0 radical (unpaired) electrons. The molecule has 1 aliphatic rings. The van der Waals surface area contributed by atoms with E-state index >= 15 is 0 Å². The molecule has 0 saturated carbocycles. The van der Waals surface area contributed by atoms with Crippen molar-refractivity contribution in [2.45, 2.75) is 13.0 Å². The van der Waals surface area contributed by atoms with Gasteiger partial charge in [0.25, 0.3) is 0 Å². The number of benzene rings is 1. The van der Waals surface area contributed by atoms with Gasteiger partial charge in [-0.05, 0) is 24.6 Å². The summed E-state index contributed by atoms with van der Waals surface area (Å²) in [6.07, 6.45) is 0. The number of amides is 2. The highest BCUT2D eigenvalue weighted by molar-refractivity contribution is 5.74. The van der Waals surface area contributed by atoms with E-state index in [2.05, 4.69) is 10.6 Å². The van der Waals surface area contributed by atoms with Gasteiger partial charge in [0.05, 0.1) is 12.6 Å². The molecule has 1 aromatic carbocycles. The zero-order valence-electron chi connectivity index (χ0n) is 11.8. The maximum Gasteiger partial charge on any atom is 0.315 e. The van der Waals surface area contributed by atoms with E-state index in [9.17, 15) is 4.79 Å². The van der Waals surface area contributed by atoms with Crippen molar-refractivity contribution in [3.8, 4) is 11.5 Å². The van der Waals surface area contributed by atoms with E-state index in [1.807, 2.05) is 25.1 Å².